The van der Waals surface area contributed by atoms with E-state index in [0.29, 0.717) is 24.3 Å². The van der Waals surface area contributed by atoms with E-state index in [4.69, 9.17) is 0 Å². The van der Waals surface area contributed by atoms with Crippen molar-refractivity contribution in [3.05, 3.63) is 35.2 Å². The number of aromatic nitrogens is 1. The fourth-order valence-corrected chi connectivity index (χ4v) is 6.38. The van der Waals surface area contributed by atoms with Gasteiger partial charge in [-0.05, 0) is 61.3 Å². The summed E-state index contributed by atoms with van der Waals surface area (Å²) >= 11 is 0. The van der Waals surface area contributed by atoms with E-state index in [1.165, 1.54) is 0 Å². The molecule has 2 aliphatic rings. The monoisotopic (exact) mass is 451 g/mol. The van der Waals surface area contributed by atoms with Crippen LogP contribution in [0.1, 0.15) is 68.3 Å². The van der Waals surface area contributed by atoms with E-state index in [9.17, 15) is 16.8 Å². The summed E-state index contributed by atoms with van der Waals surface area (Å²) < 4.78 is 55.7. The Morgan fingerprint density at radius 2 is 1.83 bits per heavy atom. The molecule has 2 aliphatic carbocycles. The predicted molar refractivity (Wildman–Crippen MR) is 117 cm³/mol. The van der Waals surface area contributed by atoms with Crippen molar-refractivity contribution in [2.45, 2.75) is 62.8 Å². The van der Waals surface area contributed by atoms with E-state index in [1.54, 1.807) is 12.3 Å². The highest BCUT2D eigenvalue weighted by atomic mass is 32.2. The molecule has 1 atom stereocenters. The molecule has 164 valence electrons. The van der Waals surface area contributed by atoms with E-state index < -0.39 is 26.1 Å². The second kappa shape index (κ2) is 7.85. The van der Waals surface area contributed by atoms with E-state index in [1.807, 2.05) is 19.9 Å². The van der Waals surface area contributed by atoms with Crippen molar-refractivity contribution in [2.75, 3.05) is 12.8 Å². The highest BCUT2D eigenvalue weighted by Crippen LogP contribution is 2.42. The first-order chi connectivity index (χ1) is 14.0. The third-order valence-electron chi connectivity index (χ3n) is 5.77. The van der Waals surface area contributed by atoms with Gasteiger partial charge in [-0.15, -0.1) is 0 Å². The lowest BCUT2D eigenvalue weighted by Crippen LogP contribution is -2.31. The van der Waals surface area contributed by atoms with Crippen LogP contribution in [0.2, 0.25) is 0 Å². The van der Waals surface area contributed by atoms with Crippen molar-refractivity contribution in [3.8, 4) is 0 Å². The second-order valence-electron chi connectivity index (χ2n) is 8.95. The number of hydrogen-bond donors (Lipinski definition) is 2. The number of aryl methyl sites for hydroxylation is 1. The van der Waals surface area contributed by atoms with E-state index in [0.717, 1.165) is 54.1 Å². The summed E-state index contributed by atoms with van der Waals surface area (Å²) in [4.78, 5) is 4.83. The summed E-state index contributed by atoms with van der Waals surface area (Å²) in [5.74, 6) is 0.580. The molecular weight excluding hydrogens is 422 g/mol. The molecule has 9 heteroatoms. The first-order valence-electron chi connectivity index (χ1n) is 10.5. The molecular formula is C21H29N3O4S2. The lowest BCUT2D eigenvalue weighted by molar-refractivity contribution is 0.511. The molecule has 4 rings (SSSR count). The minimum absolute atomic E-state index is 0.173. The fourth-order valence-electron chi connectivity index (χ4n) is 4.17. The normalized spacial score (nSPS) is 19.9. The molecule has 2 aromatic rings. The minimum atomic E-state index is -3.76. The molecule has 1 unspecified atom stereocenters. The molecule has 30 heavy (non-hydrogen) atoms. The number of benzene rings is 1. The zero-order valence-electron chi connectivity index (χ0n) is 17.6. The molecule has 0 saturated heterocycles. The van der Waals surface area contributed by atoms with Gasteiger partial charge in [0.15, 0.2) is 0 Å². The maximum absolute atomic E-state index is 13.3. The topological polar surface area (TPSA) is 105 Å². The smallest absolute Gasteiger partial charge is 0.241 e. The summed E-state index contributed by atoms with van der Waals surface area (Å²) in [6, 6.07) is 3.17. The van der Waals surface area contributed by atoms with E-state index in [-0.39, 0.29) is 10.8 Å². The van der Waals surface area contributed by atoms with Crippen LogP contribution in [-0.4, -0.2) is 34.6 Å². The van der Waals surface area contributed by atoms with Gasteiger partial charge in [0.2, 0.25) is 20.0 Å². The van der Waals surface area contributed by atoms with Gasteiger partial charge in [0, 0.05) is 41.2 Å². The van der Waals surface area contributed by atoms with Gasteiger partial charge in [0.05, 0.1) is 11.2 Å². The zero-order chi connectivity index (χ0) is 21.7. The summed E-state index contributed by atoms with van der Waals surface area (Å²) in [7, 11) is -7.19. The molecule has 1 fully saturated rings. The molecule has 0 aliphatic heterocycles. The lowest BCUT2D eigenvalue weighted by Gasteiger charge is -2.28. The highest BCUT2D eigenvalue weighted by molar-refractivity contribution is 7.89. The average Bonchev–Trinajstić information content (AvgIpc) is 3.49. The summed E-state index contributed by atoms with van der Waals surface area (Å²) in [6.07, 6.45) is 7.32. The Morgan fingerprint density at radius 3 is 2.47 bits per heavy atom. The Morgan fingerprint density at radius 1 is 1.10 bits per heavy atom. The van der Waals surface area contributed by atoms with Crippen LogP contribution in [0.15, 0.2) is 23.2 Å². The predicted octanol–water partition coefficient (Wildman–Crippen LogP) is 2.97. The summed E-state index contributed by atoms with van der Waals surface area (Å²) in [5.41, 5.74) is 2.67. The van der Waals surface area contributed by atoms with Crippen LogP contribution in [0.25, 0.3) is 10.8 Å². The van der Waals surface area contributed by atoms with Crippen LogP contribution in [0, 0.1) is 5.92 Å². The Labute approximate surface area is 178 Å². The SMILES string of the molecule is CC(C)CNS(=O)(=O)c1cc2c(c3cnc(C4CC4)cc13)CCCC2NS(C)(=O)=O. The van der Waals surface area contributed by atoms with Gasteiger partial charge in [0.25, 0.3) is 0 Å². The third-order valence-corrected chi connectivity index (χ3v) is 7.94. The third kappa shape index (κ3) is 4.54. The van der Waals surface area contributed by atoms with Gasteiger partial charge < -0.3 is 0 Å². The van der Waals surface area contributed by atoms with Gasteiger partial charge in [-0.2, -0.15) is 0 Å². The Hall–Kier alpha value is -1.55. The Kier molecular flexibility index (Phi) is 5.67. The number of nitrogens with zero attached hydrogens (tertiary/aromatic N) is 1. The zero-order valence-corrected chi connectivity index (χ0v) is 19.2. The van der Waals surface area contributed by atoms with Crippen molar-refractivity contribution in [1.82, 2.24) is 14.4 Å². The first-order valence-corrected chi connectivity index (χ1v) is 13.8. The number of nitrogens with one attached hydrogen (secondary N) is 2. The van der Waals surface area contributed by atoms with Crippen LogP contribution < -0.4 is 9.44 Å². The Balaban J connectivity index is 1.92. The average molecular weight is 452 g/mol. The summed E-state index contributed by atoms with van der Waals surface area (Å²) in [6.45, 7) is 4.25. The lowest BCUT2D eigenvalue weighted by atomic mass is 9.85. The van der Waals surface area contributed by atoms with Crippen LogP contribution in [0.3, 0.4) is 0 Å². The highest BCUT2D eigenvalue weighted by Gasteiger charge is 2.31. The van der Waals surface area contributed by atoms with Crippen molar-refractivity contribution in [1.29, 1.82) is 0 Å². The van der Waals surface area contributed by atoms with Gasteiger partial charge in [-0.1, -0.05) is 13.8 Å². The number of rotatable bonds is 7. The molecule has 2 N–H and O–H groups in total. The minimum Gasteiger partial charge on any atom is -0.260 e. The quantitative estimate of drug-likeness (QED) is 0.673. The molecule has 1 aromatic carbocycles. The summed E-state index contributed by atoms with van der Waals surface area (Å²) in [5, 5.41) is 1.49. The van der Waals surface area contributed by atoms with Crippen molar-refractivity contribution in [3.63, 3.8) is 0 Å². The van der Waals surface area contributed by atoms with Crippen LogP contribution in [-0.2, 0) is 26.5 Å². The molecule has 1 aromatic heterocycles. The molecule has 1 heterocycles. The van der Waals surface area contributed by atoms with Gasteiger partial charge in [0.1, 0.15) is 0 Å². The number of hydrogen-bond acceptors (Lipinski definition) is 5. The van der Waals surface area contributed by atoms with Crippen LogP contribution in [0.4, 0.5) is 0 Å². The molecule has 1 saturated carbocycles. The first kappa shape index (κ1) is 21.7. The second-order valence-corrected chi connectivity index (χ2v) is 12.5. The number of sulfonamides is 2. The standard InChI is InChI=1S/C21H29N3O4S2/c1-13(2)11-23-30(27,28)21-10-16-15(5-4-6-19(16)24-29(3,25)26)18-12-22-20(9-17(18)21)14-7-8-14/h9-10,12-14,19,23-24H,4-8,11H2,1-3H3. The van der Waals surface area contributed by atoms with Crippen LogP contribution in [0.5, 0.6) is 0 Å². The number of fused-ring (bicyclic) bond motifs is 3. The molecule has 7 nitrogen and oxygen atoms in total. The largest absolute Gasteiger partial charge is 0.260 e. The molecule has 0 bridgehead atoms. The maximum atomic E-state index is 13.3. The fraction of sp³-hybridized carbons (Fsp3) is 0.571. The van der Waals surface area contributed by atoms with Gasteiger partial charge in [-0.25, -0.2) is 26.3 Å². The van der Waals surface area contributed by atoms with E-state index >= 15 is 0 Å². The molecule has 0 amide bonds. The maximum Gasteiger partial charge on any atom is 0.241 e. The van der Waals surface area contributed by atoms with Crippen LogP contribution >= 0.6 is 0 Å². The van der Waals surface area contributed by atoms with Gasteiger partial charge >= 0.3 is 0 Å². The van der Waals surface area contributed by atoms with Crippen molar-refractivity contribution in [2.24, 2.45) is 5.92 Å². The van der Waals surface area contributed by atoms with Gasteiger partial charge in [-0.3, -0.25) is 4.98 Å². The Bertz CT molecular complexity index is 1190. The van der Waals surface area contributed by atoms with Crippen molar-refractivity contribution >= 4 is 30.8 Å². The molecule has 0 spiro atoms. The van der Waals surface area contributed by atoms with E-state index in [2.05, 4.69) is 14.4 Å². The van der Waals surface area contributed by atoms with Crippen molar-refractivity contribution < 1.29 is 16.8 Å². The number of pyridine rings is 1. The molecule has 0 radical (unpaired) electrons.